The Bertz CT molecular complexity index is 283. The zero-order valence-corrected chi connectivity index (χ0v) is 13.4. The minimum Gasteiger partial charge on any atom is -0.378 e. The first kappa shape index (κ1) is 15.1. The molecule has 0 saturated carbocycles. The molecule has 3 saturated heterocycles. The molecule has 0 amide bonds. The highest BCUT2D eigenvalue weighted by Gasteiger charge is 2.39. The number of piperidine rings is 1. The van der Waals surface area contributed by atoms with Crippen molar-refractivity contribution in [1.29, 1.82) is 0 Å². The van der Waals surface area contributed by atoms with Crippen LogP contribution < -0.4 is 5.32 Å². The van der Waals surface area contributed by atoms with Crippen molar-refractivity contribution in [2.24, 2.45) is 5.92 Å². The predicted molar refractivity (Wildman–Crippen MR) is 84.4 cm³/mol. The Morgan fingerprint density at radius 2 is 2.15 bits per heavy atom. The van der Waals surface area contributed by atoms with Crippen LogP contribution in [-0.4, -0.2) is 49.5 Å². The summed E-state index contributed by atoms with van der Waals surface area (Å²) < 4.78 is 12.3. The van der Waals surface area contributed by atoms with Crippen LogP contribution in [0.5, 0.6) is 0 Å². The molecule has 3 heterocycles. The summed E-state index contributed by atoms with van der Waals surface area (Å²) in [6.07, 6.45) is 9.08. The summed E-state index contributed by atoms with van der Waals surface area (Å²) in [7, 11) is 0. The molecule has 4 heteroatoms. The number of ether oxygens (including phenoxy) is 2. The van der Waals surface area contributed by atoms with Crippen molar-refractivity contribution < 1.29 is 9.47 Å². The molecule has 3 fully saturated rings. The Labute approximate surface area is 127 Å². The first-order valence-corrected chi connectivity index (χ1v) is 9.56. The lowest BCUT2D eigenvalue weighted by Gasteiger charge is -2.43. The summed E-state index contributed by atoms with van der Waals surface area (Å²) in [4.78, 5) is 0. The van der Waals surface area contributed by atoms with Gasteiger partial charge in [-0.15, -0.1) is 0 Å². The van der Waals surface area contributed by atoms with Gasteiger partial charge in [-0.2, -0.15) is 11.8 Å². The molecule has 2 unspecified atom stereocenters. The fourth-order valence-electron chi connectivity index (χ4n) is 3.79. The molecule has 2 atom stereocenters. The Morgan fingerprint density at radius 1 is 1.25 bits per heavy atom. The first-order chi connectivity index (χ1) is 9.86. The lowest BCUT2D eigenvalue weighted by atomic mass is 9.86. The van der Waals surface area contributed by atoms with Crippen molar-refractivity contribution in [2.75, 3.05) is 37.8 Å². The van der Waals surface area contributed by atoms with E-state index in [1.807, 2.05) is 0 Å². The summed E-state index contributed by atoms with van der Waals surface area (Å²) in [6.45, 7) is 4.25. The third-order valence-electron chi connectivity index (χ3n) is 5.13. The molecule has 1 N–H and O–H groups in total. The van der Waals surface area contributed by atoms with Crippen LogP contribution in [0, 0.1) is 5.92 Å². The fraction of sp³-hybridized carbons (Fsp3) is 1.00. The Hall–Kier alpha value is 0.230. The van der Waals surface area contributed by atoms with Crippen molar-refractivity contribution in [1.82, 2.24) is 5.32 Å². The van der Waals surface area contributed by atoms with E-state index in [9.17, 15) is 0 Å². The highest BCUT2D eigenvalue weighted by molar-refractivity contribution is 7.99. The van der Waals surface area contributed by atoms with Crippen molar-refractivity contribution in [3.8, 4) is 0 Å². The van der Waals surface area contributed by atoms with E-state index in [0.29, 0.717) is 6.10 Å². The van der Waals surface area contributed by atoms with E-state index in [-0.39, 0.29) is 5.60 Å². The number of thioether (sulfide) groups is 1. The highest BCUT2D eigenvalue weighted by atomic mass is 32.2. The molecule has 20 heavy (non-hydrogen) atoms. The summed E-state index contributed by atoms with van der Waals surface area (Å²) in [5.74, 6) is 3.37. The van der Waals surface area contributed by atoms with Crippen LogP contribution in [0.4, 0.5) is 0 Å². The van der Waals surface area contributed by atoms with Gasteiger partial charge in [-0.1, -0.05) is 0 Å². The van der Waals surface area contributed by atoms with Crippen molar-refractivity contribution >= 4 is 11.8 Å². The van der Waals surface area contributed by atoms with Gasteiger partial charge in [-0.05, 0) is 69.0 Å². The number of nitrogens with one attached hydrogen (secondary N) is 1. The van der Waals surface area contributed by atoms with Crippen LogP contribution in [0.3, 0.4) is 0 Å². The Kier molecular flexibility index (Phi) is 5.66. The van der Waals surface area contributed by atoms with E-state index in [1.54, 1.807) is 0 Å². The third-order valence-corrected chi connectivity index (χ3v) is 6.12. The standard InChI is InChI=1S/C16H29NO2S/c1-2-14(13-17-7-1)3-8-18-15-4-9-19-16(12-15)5-10-20-11-6-16/h14-15,17H,1-13H2. The lowest BCUT2D eigenvalue weighted by Crippen LogP contribution is -2.45. The minimum absolute atomic E-state index is 0.167. The quantitative estimate of drug-likeness (QED) is 0.865. The molecule has 0 aliphatic carbocycles. The molecule has 0 aromatic heterocycles. The van der Waals surface area contributed by atoms with Crippen LogP contribution in [0.15, 0.2) is 0 Å². The Balaban J connectivity index is 1.38. The molecule has 3 aliphatic heterocycles. The molecule has 0 bridgehead atoms. The molecule has 0 radical (unpaired) electrons. The summed E-state index contributed by atoms with van der Waals surface area (Å²) >= 11 is 2.07. The van der Waals surface area contributed by atoms with E-state index in [4.69, 9.17) is 9.47 Å². The maximum atomic E-state index is 6.20. The maximum Gasteiger partial charge on any atom is 0.0723 e. The van der Waals surface area contributed by atoms with Gasteiger partial charge in [0.1, 0.15) is 0 Å². The van der Waals surface area contributed by atoms with Gasteiger partial charge in [0.15, 0.2) is 0 Å². The molecule has 3 aliphatic rings. The molecule has 0 aromatic rings. The topological polar surface area (TPSA) is 30.5 Å². The summed E-state index contributed by atoms with van der Waals surface area (Å²) in [6, 6.07) is 0. The molecule has 3 nitrogen and oxygen atoms in total. The zero-order chi connectivity index (χ0) is 13.7. The lowest BCUT2D eigenvalue weighted by molar-refractivity contribution is -0.138. The number of hydrogen-bond donors (Lipinski definition) is 1. The highest BCUT2D eigenvalue weighted by Crippen LogP contribution is 2.38. The van der Waals surface area contributed by atoms with Gasteiger partial charge < -0.3 is 14.8 Å². The van der Waals surface area contributed by atoms with Crippen LogP contribution in [-0.2, 0) is 9.47 Å². The van der Waals surface area contributed by atoms with E-state index in [0.717, 1.165) is 32.0 Å². The predicted octanol–water partition coefficient (Wildman–Crippen LogP) is 2.84. The normalized spacial score (nSPS) is 34.2. The molecule has 116 valence electrons. The molecule has 0 aromatic carbocycles. The Morgan fingerprint density at radius 3 is 2.95 bits per heavy atom. The van der Waals surface area contributed by atoms with Crippen molar-refractivity contribution in [3.63, 3.8) is 0 Å². The average molecular weight is 299 g/mol. The second kappa shape index (κ2) is 7.48. The van der Waals surface area contributed by atoms with E-state index >= 15 is 0 Å². The molecule has 3 rings (SSSR count). The average Bonchev–Trinajstić information content (AvgIpc) is 2.49. The largest absolute Gasteiger partial charge is 0.378 e. The van der Waals surface area contributed by atoms with Crippen LogP contribution in [0.25, 0.3) is 0 Å². The third kappa shape index (κ3) is 4.12. The van der Waals surface area contributed by atoms with Crippen LogP contribution in [0.1, 0.15) is 44.9 Å². The molecule has 1 spiro atoms. The second-order valence-corrected chi connectivity index (χ2v) is 7.86. The monoisotopic (exact) mass is 299 g/mol. The van der Waals surface area contributed by atoms with Gasteiger partial charge in [-0.3, -0.25) is 0 Å². The van der Waals surface area contributed by atoms with Crippen molar-refractivity contribution in [2.45, 2.75) is 56.7 Å². The van der Waals surface area contributed by atoms with Crippen LogP contribution >= 0.6 is 11.8 Å². The van der Waals surface area contributed by atoms with Gasteiger partial charge in [0.2, 0.25) is 0 Å². The van der Waals surface area contributed by atoms with Crippen LogP contribution in [0.2, 0.25) is 0 Å². The van der Waals surface area contributed by atoms with Gasteiger partial charge in [0, 0.05) is 19.6 Å². The summed E-state index contributed by atoms with van der Waals surface area (Å²) in [5.41, 5.74) is 0.167. The maximum absolute atomic E-state index is 6.20. The number of rotatable bonds is 4. The first-order valence-electron chi connectivity index (χ1n) is 8.40. The number of hydrogen-bond acceptors (Lipinski definition) is 4. The van der Waals surface area contributed by atoms with E-state index < -0.39 is 0 Å². The van der Waals surface area contributed by atoms with Gasteiger partial charge in [0.05, 0.1) is 11.7 Å². The fourth-order valence-corrected chi connectivity index (χ4v) is 5.03. The second-order valence-electron chi connectivity index (χ2n) is 6.63. The van der Waals surface area contributed by atoms with Gasteiger partial charge in [-0.25, -0.2) is 0 Å². The van der Waals surface area contributed by atoms with E-state index in [2.05, 4.69) is 17.1 Å². The minimum atomic E-state index is 0.167. The SMILES string of the molecule is C1CNCC(CCOC2CCOC3(CCSCC3)C2)C1. The van der Waals surface area contributed by atoms with Crippen molar-refractivity contribution in [3.05, 3.63) is 0 Å². The summed E-state index contributed by atoms with van der Waals surface area (Å²) in [5, 5.41) is 3.49. The smallest absolute Gasteiger partial charge is 0.0723 e. The van der Waals surface area contributed by atoms with Gasteiger partial charge in [0.25, 0.3) is 0 Å². The molecular formula is C16H29NO2S. The molecular weight excluding hydrogens is 270 g/mol. The zero-order valence-electron chi connectivity index (χ0n) is 12.6. The van der Waals surface area contributed by atoms with Gasteiger partial charge >= 0.3 is 0 Å². The van der Waals surface area contributed by atoms with E-state index in [1.165, 1.54) is 56.7 Å².